The molecule has 0 saturated carbocycles. The van der Waals surface area contributed by atoms with Crippen LogP contribution in [-0.4, -0.2) is 9.97 Å². The summed E-state index contributed by atoms with van der Waals surface area (Å²) >= 11 is 0. The molecule has 0 aliphatic rings. The summed E-state index contributed by atoms with van der Waals surface area (Å²) in [5.74, 6) is -0.290. The number of rotatable bonds is 3. The predicted molar refractivity (Wildman–Crippen MR) is 52.8 cm³/mol. The Kier molecular flexibility index (Phi) is 2.88. The van der Waals surface area contributed by atoms with Crippen molar-refractivity contribution in [2.75, 3.05) is 0 Å². The van der Waals surface area contributed by atoms with Crippen LogP contribution < -0.4 is 4.74 Å². The van der Waals surface area contributed by atoms with E-state index in [1.54, 1.807) is 0 Å². The van der Waals surface area contributed by atoms with Crippen LogP contribution in [0.4, 0.5) is 4.39 Å². The highest BCUT2D eigenvalue weighted by Crippen LogP contribution is 2.07. The van der Waals surface area contributed by atoms with Crippen LogP contribution in [0.2, 0.25) is 0 Å². The topological polar surface area (TPSA) is 35.0 Å². The van der Waals surface area contributed by atoms with Crippen molar-refractivity contribution in [1.29, 1.82) is 0 Å². The third-order valence-corrected chi connectivity index (χ3v) is 1.83. The molecule has 4 heteroatoms. The minimum absolute atomic E-state index is 0.320. The maximum atomic E-state index is 12.4. The molecule has 0 unspecified atom stereocenters. The van der Waals surface area contributed by atoms with Crippen molar-refractivity contribution in [1.82, 2.24) is 9.97 Å². The highest BCUT2D eigenvalue weighted by molar-refractivity contribution is 5.14. The fourth-order valence-corrected chi connectivity index (χ4v) is 1.11. The summed E-state index contributed by atoms with van der Waals surface area (Å²) in [6, 6.07) is 9.67. The van der Waals surface area contributed by atoms with E-state index in [-0.39, 0.29) is 0 Å². The number of hydrogen-bond donors (Lipinski definition) is 0. The Morgan fingerprint density at radius 3 is 2.53 bits per heavy atom. The van der Waals surface area contributed by atoms with Gasteiger partial charge in [0.1, 0.15) is 6.61 Å². The molecule has 0 spiro atoms. The zero-order valence-electron chi connectivity index (χ0n) is 7.93. The van der Waals surface area contributed by atoms with E-state index in [9.17, 15) is 4.39 Å². The molecule has 1 aromatic carbocycles. The van der Waals surface area contributed by atoms with E-state index < -0.39 is 5.95 Å². The summed E-state index contributed by atoms with van der Waals surface area (Å²) in [7, 11) is 0. The second-order valence-corrected chi connectivity index (χ2v) is 2.95. The molecule has 0 aliphatic carbocycles. The minimum Gasteiger partial charge on any atom is -0.472 e. The summed E-state index contributed by atoms with van der Waals surface area (Å²) in [6.45, 7) is 0.404. The van der Waals surface area contributed by atoms with Gasteiger partial charge >= 0.3 is 0 Å². The molecule has 76 valence electrons. The molecule has 0 radical (unpaired) electrons. The fourth-order valence-electron chi connectivity index (χ4n) is 1.11. The lowest BCUT2D eigenvalue weighted by Crippen LogP contribution is -1.98. The number of halogens is 1. The summed E-state index contributed by atoms with van der Waals surface area (Å²) < 4.78 is 17.7. The van der Waals surface area contributed by atoms with Crippen molar-refractivity contribution < 1.29 is 9.13 Å². The SMILES string of the molecule is Fc1cnc(OCc2ccccc2)cn1. The Morgan fingerprint density at radius 2 is 1.87 bits per heavy atom. The first-order valence-electron chi connectivity index (χ1n) is 4.49. The van der Waals surface area contributed by atoms with Gasteiger partial charge in [0.05, 0.1) is 12.4 Å². The second kappa shape index (κ2) is 4.50. The molecule has 3 nitrogen and oxygen atoms in total. The molecular weight excluding hydrogens is 195 g/mol. The van der Waals surface area contributed by atoms with Gasteiger partial charge < -0.3 is 4.74 Å². The molecule has 0 fully saturated rings. The van der Waals surface area contributed by atoms with Crippen LogP contribution in [0.25, 0.3) is 0 Å². The van der Waals surface area contributed by atoms with E-state index in [0.717, 1.165) is 11.8 Å². The molecule has 0 bridgehead atoms. The minimum atomic E-state index is -0.609. The fraction of sp³-hybridized carbons (Fsp3) is 0.0909. The Bertz CT molecular complexity index is 416. The van der Waals surface area contributed by atoms with Crippen molar-refractivity contribution in [3.05, 3.63) is 54.2 Å². The van der Waals surface area contributed by atoms with Gasteiger partial charge in [0.2, 0.25) is 11.8 Å². The number of ether oxygens (including phenoxy) is 1. The predicted octanol–water partition coefficient (Wildman–Crippen LogP) is 2.19. The van der Waals surface area contributed by atoms with E-state index in [1.807, 2.05) is 30.3 Å². The summed E-state index contributed by atoms with van der Waals surface area (Å²) in [6.07, 6.45) is 2.29. The summed E-state index contributed by atoms with van der Waals surface area (Å²) in [5.41, 5.74) is 1.03. The van der Waals surface area contributed by atoms with Crippen LogP contribution in [0.1, 0.15) is 5.56 Å². The molecular formula is C11H9FN2O. The molecule has 0 N–H and O–H groups in total. The Morgan fingerprint density at radius 1 is 1.07 bits per heavy atom. The van der Waals surface area contributed by atoms with Gasteiger partial charge in [0.15, 0.2) is 0 Å². The normalized spacial score (nSPS) is 9.93. The molecule has 1 aromatic heterocycles. The highest BCUT2D eigenvalue weighted by atomic mass is 19.1. The third-order valence-electron chi connectivity index (χ3n) is 1.83. The van der Waals surface area contributed by atoms with Gasteiger partial charge in [-0.1, -0.05) is 30.3 Å². The number of benzene rings is 1. The van der Waals surface area contributed by atoms with Gasteiger partial charge in [-0.2, -0.15) is 4.39 Å². The Balaban J connectivity index is 1.96. The van der Waals surface area contributed by atoms with Crippen molar-refractivity contribution >= 4 is 0 Å². The molecule has 0 aliphatic heterocycles. The first-order valence-corrected chi connectivity index (χ1v) is 4.49. The van der Waals surface area contributed by atoms with E-state index >= 15 is 0 Å². The van der Waals surface area contributed by atoms with Gasteiger partial charge in [-0.25, -0.2) is 9.97 Å². The molecule has 2 aromatic rings. The smallest absolute Gasteiger partial charge is 0.232 e. The maximum Gasteiger partial charge on any atom is 0.232 e. The molecule has 15 heavy (non-hydrogen) atoms. The average molecular weight is 204 g/mol. The van der Waals surface area contributed by atoms with Crippen LogP contribution in [0.3, 0.4) is 0 Å². The first kappa shape index (κ1) is 9.58. The quantitative estimate of drug-likeness (QED) is 0.768. The van der Waals surface area contributed by atoms with Crippen molar-refractivity contribution in [2.24, 2.45) is 0 Å². The van der Waals surface area contributed by atoms with Gasteiger partial charge in [-0.15, -0.1) is 0 Å². The molecule has 0 atom stereocenters. The summed E-state index contributed by atoms with van der Waals surface area (Å²) in [4.78, 5) is 7.17. The average Bonchev–Trinajstić information content (AvgIpc) is 2.30. The standard InChI is InChI=1S/C11H9FN2O/c12-10-6-14-11(7-13-10)15-8-9-4-2-1-3-5-9/h1-7H,8H2. The van der Waals surface area contributed by atoms with Crippen molar-refractivity contribution in [3.63, 3.8) is 0 Å². The lowest BCUT2D eigenvalue weighted by Gasteiger charge is -2.03. The van der Waals surface area contributed by atoms with E-state index in [0.29, 0.717) is 12.5 Å². The maximum absolute atomic E-state index is 12.4. The first-order chi connectivity index (χ1) is 7.34. The van der Waals surface area contributed by atoms with Crippen molar-refractivity contribution in [3.8, 4) is 5.88 Å². The van der Waals surface area contributed by atoms with E-state index in [1.165, 1.54) is 6.20 Å². The lowest BCUT2D eigenvalue weighted by atomic mass is 10.2. The molecule has 2 rings (SSSR count). The zero-order chi connectivity index (χ0) is 10.5. The largest absolute Gasteiger partial charge is 0.472 e. The van der Waals surface area contributed by atoms with E-state index in [4.69, 9.17) is 4.74 Å². The second-order valence-electron chi connectivity index (χ2n) is 2.95. The van der Waals surface area contributed by atoms with Crippen LogP contribution in [0.5, 0.6) is 5.88 Å². The summed E-state index contributed by atoms with van der Waals surface area (Å²) in [5, 5.41) is 0. The van der Waals surface area contributed by atoms with Gasteiger partial charge in [-0.3, -0.25) is 0 Å². The third kappa shape index (κ3) is 2.74. The Labute approximate surface area is 86.6 Å². The van der Waals surface area contributed by atoms with Gasteiger partial charge in [0.25, 0.3) is 0 Å². The highest BCUT2D eigenvalue weighted by Gasteiger charge is 1.97. The van der Waals surface area contributed by atoms with Crippen LogP contribution in [-0.2, 0) is 6.61 Å². The monoisotopic (exact) mass is 204 g/mol. The number of nitrogens with zero attached hydrogens (tertiary/aromatic N) is 2. The van der Waals surface area contributed by atoms with E-state index in [2.05, 4.69) is 9.97 Å². The van der Waals surface area contributed by atoms with Gasteiger partial charge in [-0.05, 0) is 5.56 Å². The van der Waals surface area contributed by atoms with Gasteiger partial charge in [0, 0.05) is 0 Å². The lowest BCUT2D eigenvalue weighted by molar-refractivity contribution is 0.290. The Hall–Kier alpha value is -1.97. The van der Waals surface area contributed by atoms with Crippen LogP contribution in [0, 0.1) is 5.95 Å². The molecule has 1 heterocycles. The van der Waals surface area contributed by atoms with Crippen LogP contribution in [0.15, 0.2) is 42.7 Å². The van der Waals surface area contributed by atoms with Crippen molar-refractivity contribution in [2.45, 2.75) is 6.61 Å². The molecule has 0 saturated heterocycles. The zero-order valence-corrected chi connectivity index (χ0v) is 7.93. The van der Waals surface area contributed by atoms with Crippen LogP contribution >= 0.6 is 0 Å². The molecule has 0 amide bonds. The number of hydrogen-bond acceptors (Lipinski definition) is 3. The number of aromatic nitrogens is 2.